The van der Waals surface area contributed by atoms with E-state index in [4.69, 9.17) is 16.3 Å². The highest BCUT2D eigenvalue weighted by Gasteiger charge is 2.44. The number of aromatic nitrogens is 2. The second kappa shape index (κ2) is 9.07. The lowest BCUT2D eigenvalue weighted by Gasteiger charge is -2.40. The van der Waals surface area contributed by atoms with E-state index in [2.05, 4.69) is 9.97 Å². The molecule has 1 aromatic carbocycles. The van der Waals surface area contributed by atoms with Crippen molar-refractivity contribution in [2.75, 3.05) is 6.61 Å². The van der Waals surface area contributed by atoms with Gasteiger partial charge in [0.25, 0.3) is 0 Å². The standard InChI is InChI=1S/C21H21ClN2O5S/c22-14-4-2-11(20-19(28)18(27)17(26)15(10-25)29-20)8-12(14)9-13-3-5-16(30-13)21-23-6-1-7-24-21/h1-8,15,17-20,25-28H,9-10H2/t15?,17-,18+,19-,20?/m1/s1. The van der Waals surface area contributed by atoms with Crippen LogP contribution in [0.1, 0.15) is 22.1 Å². The number of nitrogens with zero attached hydrogens (tertiary/aromatic N) is 2. The predicted molar refractivity (Wildman–Crippen MR) is 112 cm³/mol. The fourth-order valence-electron chi connectivity index (χ4n) is 3.49. The van der Waals surface area contributed by atoms with Gasteiger partial charge >= 0.3 is 0 Å². The van der Waals surface area contributed by atoms with Crippen molar-refractivity contribution in [1.29, 1.82) is 0 Å². The third-order valence-electron chi connectivity index (χ3n) is 5.10. The third kappa shape index (κ3) is 4.26. The van der Waals surface area contributed by atoms with E-state index < -0.39 is 37.1 Å². The fourth-order valence-corrected chi connectivity index (χ4v) is 4.65. The van der Waals surface area contributed by atoms with Gasteiger partial charge in [-0.15, -0.1) is 11.3 Å². The van der Waals surface area contributed by atoms with Crippen LogP contribution >= 0.6 is 22.9 Å². The van der Waals surface area contributed by atoms with Crippen molar-refractivity contribution in [2.24, 2.45) is 0 Å². The van der Waals surface area contributed by atoms with Crippen LogP contribution in [0.5, 0.6) is 0 Å². The Balaban J connectivity index is 1.57. The molecule has 7 nitrogen and oxygen atoms in total. The molecule has 0 aliphatic carbocycles. The summed E-state index contributed by atoms with van der Waals surface area (Å²) in [7, 11) is 0. The number of thiophene rings is 1. The van der Waals surface area contributed by atoms with Gasteiger partial charge in [-0.3, -0.25) is 0 Å². The first-order chi connectivity index (χ1) is 14.5. The van der Waals surface area contributed by atoms with Crippen LogP contribution in [0, 0.1) is 0 Å². The highest BCUT2D eigenvalue weighted by atomic mass is 35.5. The number of rotatable bonds is 5. The van der Waals surface area contributed by atoms with Gasteiger partial charge < -0.3 is 25.2 Å². The minimum absolute atomic E-state index is 0.471. The molecule has 158 valence electrons. The summed E-state index contributed by atoms with van der Waals surface area (Å²) < 4.78 is 5.66. The molecule has 1 aliphatic heterocycles. The van der Waals surface area contributed by atoms with Crippen molar-refractivity contribution in [1.82, 2.24) is 9.97 Å². The molecule has 1 aliphatic rings. The molecule has 0 saturated carbocycles. The Labute approximate surface area is 182 Å². The smallest absolute Gasteiger partial charge is 0.169 e. The van der Waals surface area contributed by atoms with E-state index in [1.165, 1.54) is 0 Å². The molecule has 1 fully saturated rings. The summed E-state index contributed by atoms with van der Waals surface area (Å²) in [5.74, 6) is 0.662. The van der Waals surface area contributed by atoms with Crippen LogP contribution in [-0.2, 0) is 11.2 Å². The van der Waals surface area contributed by atoms with Gasteiger partial charge in [0.1, 0.15) is 30.5 Å². The molecule has 2 aromatic heterocycles. The lowest BCUT2D eigenvalue weighted by molar-refractivity contribution is -0.231. The Morgan fingerprint density at radius 3 is 2.50 bits per heavy atom. The zero-order valence-electron chi connectivity index (χ0n) is 15.8. The average Bonchev–Trinajstić information content (AvgIpc) is 3.23. The van der Waals surface area contributed by atoms with Gasteiger partial charge in [-0.05, 0) is 35.4 Å². The monoisotopic (exact) mass is 448 g/mol. The molecule has 4 N–H and O–H groups in total. The van der Waals surface area contributed by atoms with E-state index in [1.54, 1.807) is 41.9 Å². The summed E-state index contributed by atoms with van der Waals surface area (Å²) in [5.41, 5.74) is 1.43. The topological polar surface area (TPSA) is 116 Å². The van der Waals surface area contributed by atoms with E-state index in [1.807, 2.05) is 18.2 Å². The Hall–Kier alpha value is -1.91. The van der Waals surface area contributed by atoms with Gasteiger partial charge in [-0.2, -0.15) is 0 Å². The molecule has 0 spiro atoms. The first kappa shape index (κ1) is 21.3. The first-order valence-electron chi connectivity index (χ1n) is 9.43. The Kier molecular flexibility index (Phi) is 6.45. The normalized spacial score (nSPS) is 26.6. The SMILES string of the molecule is OCC1OC(c2ccc(Cl)c(Cc3ccc(-c4ncccn4)s3)c2)[C@H](O)[C@@H](O)[C@@H]1O. The molecule has 4 rings (SSSR count). The van der Waals surface area contributed by atoms with Crippen molar-refractivity contribution >= 4 is 22.9 Å². The van der Waals surface area contributed by atoms with Crippen LogP contribution in [0.15, 0.2) is 48.8 Å². The maximum Gasteiger partial charge on any atom is 0.169 e. The van der Waals surface area contributed by atoms with Crippen LogP contribution in [0.25, 0.3) is 10.7 Å². The number of hydrogen-bond acceptors (Lipinski definition) is 8. The summed E-state index contributed by atoms with van der Waals surface area (Å²) >= 11 is 7.97. The van der Waals surface area contributed by atoms with Crippen molar-refractivity contribution in [2.45, 2.75) is 36.9 Å². The molecular weight excluding hydrogens is 428 g/mol. The number of ether oxygens (including phenoxy) is 1. The van der Waals surface area contributed by atoms with Crippen LogP contribution in [0.4, 0.5) is 0 Å². The Morgan fingerprint density at radius 1 is 1.00 bits per heavy atom. The van der Waals surface area contributed by atoms with Crippen LogP contribution in [-0.4, -0.2) is 61.4 Å². The van der Waals surface area contributed by atoms with Gasteiger partial charge in [0.2, 0.25) is 0 Å². The molecule has 3 heterocycles. The van der Waals surface area contributed by atoms with Crippen molar-refractivity contribution < 1.29 is 25.2 Å². The van der Waals surface area contributed by atoms with E-state index in [9.17, 15) is 20.4 Å². The second-order valence-corrected chi connectivity index (χ2v) is 8.69. The summed E-state index contributed by atoms with van der Waals surface area (Å²) in [4.78, 5) is 10.5. The molecule has 2 unspecified atom stereocenters. The molecule has 9 heteroatoms. The number of aliphatic hydroxyl groups is 4. The van der Waals surface area contributed by atoms with Crippen LogP contribution in [0.2, 0.25) is 5.02 Å². The van der Waals surface area contributed by atoms with Gasteiger partial charge in [-0.1, -0.05) is 23.7 Å². The zero-order valence-corrected chi connectivity index (χ0v) is 17.4. The lowest BCUT2D eigenvalue weighted by Crippen LogP contribution is -2.55. The maximum atomic E-state index is 10.4. The van der Waals surface area contributed by atoms with E-state index in [-0.39, 0.29) is 0 Å². The van der Waals surface area contributed by atoms with E-state index in [0.717, 1.165) is 15.3 Å². The van der Waals surface area contributed by atoms with E-state index in [0.29, 0.717) is 22.8 Å². The van der Waals surface area contributed by atoms with Crippen molar-refractivity contribution in [3.05, 3.63) is 69.8 Å². The minimum atomic E-state index is -1.43. The quantitative estimate of drug-likeness (QED) is 0.471. The van der Waals surface area contributed by atoms with E-state index >= 15 is 0 Å². The minimum Gasteiger partial charge on any atom is -0.394 e. The van der Waals surface area contributed by atoms with Crippen LogP contribution < -0.4 is 0 Å². The summed E-state index contributed by atoms with van der Waals surface area (Å²) in [5, 5.41) is 40.4. The first-order valence-corrected chi connectivity index (χ1v) is 10.6. The van der Waals surface area contributed by atoms with Gasteiger partial charge in [-0.25, -0.2) is 9.97 Å². The molecule has 0 bridgehead atoms. The van der Waals surface area contributed by atoms with Gasteiger partial charge in [0.05, 0.1) is 11.5 Å². The summed E-state index contributed by atoms with van der Waals surface area (Å²) in [6, 6.07) is 11.0. The van der Waals surface area contributed by atoms with Gasteiger partial charge in [0.15, 0.2) is 5.82 Å². The Morgan fingerprint density at radius 2 is 1.77 bits per heavy atom. The maximum absolute atomic E-state index is 10.4. The molecule has 0 radical (unpaired) electrons. The summed E-state index contributed by atoms with van der Waals surface area (Å²) in [6.45, 7) is -0.471. The molecule has 30 heavy (non-hydrogen) atoms. The molecular formula is C21H21ClN2O5S. The number of hydrogen-bond donors (Lipinski definition) is 4. The zero-order chi connectivity index (χ0) is 21.3. The third-order valence-corrected chi connectivity index (χ3v) is 6.55. The number of aliphatic hydroxyl groups excluding tert-OH is 4. The Bertz CT molecular complexity index is 1000. The largest absolute Gasteiger partial charge is 0.394 e. The molecule has 3 aromatic rings. The predicted octanol–water partition coefficient (Wildman–Crippen LogP) is 1.96. The molecule has 5 atom stereocenters. The van der Waals surface area contributed by atoms with Gasteiger partial charge in [0, 0.05) is 28.7 Å². The average molecular weight is 449 g/mol. The highest BCUT2D eigenvalue weighted by Crippen LogP contribution is 2.35. The highest BCUT2D eigenvalue weighted by molar-refractivity contribution is 7.15. The van der Waals surface area contributed by atoms with Crippen molar-refractivity contribution in [3.8, 4) is 10.7 Å². The summed E-state index contributed by atoms with van der Waals surface area (Å²) in [6.07, 6.45) is -2.05. The second-order valence-electron chi connectivity index (χ2n) is 7.12. The van der Waals surface area contributed by atoms with Crippen LogP contribution in [0.3, 0.4) is 0 Å². The fraction of sp³-hybridized carbons (Fsp3) is 0.333. The lowest BCUT2D eigenvalue weighted by atomic mass is 9.90. The molecule has 0 amide bonds. The van der Waals surface area contributed by atoms with Crippen molar-refractivity contribution in [3.63, 3.8) is 0 Å². The molecule has 1 saturated heterocycles. The number of benzene rings is 1. The number of halogens is 1.